The van der Waals surface area contributed by atoms with E-state index in [1.165, 1.54) is 18.3 Å². The van der Waals surface area contributed by atoms with Crippen LogP contribution in [0.15, 0.2) is 34.4 Å². The van der Waals surface area contributed by atoms with E-state index in [1.807, 2.05) is 0 Å². The summed E-state index contributed by atoms with van der Waals surface area (Å²) >= 11 is 0. The molecule has 0 amide bonds. The van der Waals surface area contributed by atoms with Crippen molar-refractivity contribution in [3.63, 3.8) is 0 Å². The smallest absolute Gasteiger partial charge is 0.367 e. The highest BCUT2D eigenvalue weighted by molar-refractivity contribution is 5.92. The minimum absolute atomic E-state index is 0.153. The van der Waals surface area contributed by atoms with Gasteiger partial charge in [0.2, 0.25) is 5.96 Å². The highest BCUT2D eigenvalue weighted by Gasteiger charge is 2.29. The van der Waals surface area contributed by atoms with Gasteiger partial charge in [0.15, 0.2) is 0 Å². The van der Waals surface area contributed by atoms with Crippen LogP contribution in [0, 0.1) is 0 Å². The molecule has 1 aromatic rings. The Labute approximate surface area is 89.5 Å². The Hall–Kier alpha value is -2.05. The molecule has 0 saturated carbocycles. The summed E-state index contributed by atoms with van der Waals surface area (Å²) in [7, 11) is 0. The van der Waals surface area contributed by atoms with Gasteiger partial charge in [0.05, 0.1) is 5.56 Å². The van der Waals surface area contributed by atoms with Crippen molar-refractivity contribution in [1.29, 1.82) is 0 Å². The van der Waals surface area contributed by atoms with Crippen LogP contribution in [0.25, 0.3) is 0 Å². The first-order chi connectivity index (χ1) is 7.43. The molecule has 0 spiro atoms. The molecular formula is C9H9F3N4. The summed E-state index contributed by atoms with van der Waals surface area (Å²) in [5, 5.41) is 3.08. The molecule has 0 fully saturated rings. The molecule has 0 radical (unpaired) electrons. The summed E-state index contributed by atoms with van der Waals surface area (Å²) in [6, 6.07) is 4.46. The molecule has 4 nitrogen and oxygen atoms in total. The zero-order chi connectivity index (χ0) is 12.2. The summed E-state index contributed by atoms with van der Waals surface area (Å²) in [5.74, 6) is 4.66. The SMILES string of the molecule is NN=C(N)N=Cc1ccc(C(F)(F)F)cc1. The third kappa shape index (κ3) is 3.26. The van der Waals surface area contributed by atoms with Gasteiger partial charge in [-0.2, -0.15) is 13.2 Å². The number of rotatable bonds is 1. The molecule has 0 aliphatic carbocycles. The van der Waals surface area contributed by atoms with Crippen LogP contribution in [0.4, 0.5) is 13.2 Å². The average molecular weight is 230 g/mol. The predicted molar refractivity (Wildman–Crippen MR) is 54.8 cm³/mol. The van der Waals surface area contributed by atoms with Gasteiger partial charge in [-0.05, 0) is 17.7 Å². The second-order valence-electron chi connectivity index (χ2n) is 2.87. The van der Waals surface area contributed by atoms with Gasteiger partial charge in [-0.3, -0.25) is 0 Å². The Morgan fingerprint density at radius 2 is 1.75 bits per heavy atom. The summed E-state index contributed by atoms with van der Waals surface area (Å²) in [4.78, 5) is 3.60. The number of alkyl halides is 3. The van der Waals surface area contributed by atoms with E-state index in [4.69, 9.17) is 11.6 Å². The summed E-state index contributed by atoms with van der Waals surface area (Å²) in [6.07, 6.45) is -3.07. The number of hydrazone groups is 1. The van der Waals surface area contributed by atoms with Gasteiger partial charge in [0.25, 0.3) is 0 Å². The molecule has 0 heterocycles. The maximum Gasteiger partial charge on any atom is 0.416 e. The Kier molecular flexibility index (Phi) is 3.49. The van der Waals surface area contributed by atoms with Crippen LogP contribution in [0.1, 0.15) is 11.1 Å². The molecule has 0 aromatic heterocycles. The first-order valence-corrected chi connectivity index (χ1v) is 4.18. The van der Waals surface area contributed by atoms with Crippen LogP contribution >= 0.6 is 0 Å². The largest absolute Gasteiger partial charge is 0.416 e. The lowest BCUT2D eigenvalue weighted by atomic mass is 10.1. The number of benzene rings is 1. The lowest BCUT2D eigenvalue weighted by Crippen LogP contribution is -2.11. The van der Waals surface area contributed by atoms with Gasteiger partial charge < -0.3 is 11.6 Å². The Balaban J connectivity index is 2.84. The molecule has 1 aromatic carbocycles. The van der Waals surface area contributed by atoms with Gasteiger partial charge in [-0.25, -0.2) is 4.99 Å². The van der Waals surface area contributed by atoms with Crippen molar-refractivity contribution in [2.24, 2.45) is 21.7 Å². The van der Waals surface area contributed by atoms with E-state index in [1.54, 1.807) is 0 Å². The molecule has 0 bridgehead atoms. The topological polar surface area (TPSA) is 76.8 Å². The van der Waals surface area contributed by atoms with E-state index < -0.39 is 11.7 Å². The number of hydrogen-bond acceptors (Lipinski definition) is 2. The number of nitrogens with zero attached hydrogens (tertiary/aromatic N) is 2. The fourth-order valence-corrected chi connectivity index (χ4v) is 0.932. The van der Waals surface area contributed by atoms with Crippen molar-refractivity contribution < 1.29 is 13.2 Å². The third-order valence-electron chi connectivity index (χ3n) is 1.72. The highest BCUT2D eigenvalue weighted by Crippen LogP contribution is 2.28. The first-order valence-electron chi connectivity index (χ1n) is 4.18. The molecule has 4 N–H and O–H groups in total. The van der Waals surface area contributed by atoms with E-state index in [0.29, 0.717) is 5.56 Å². The fourth-order valence-electron chi connectivity index (χ4n) is 0.932. The zero-order valence-corrected chi connectivity index (χ0v) is 8.07. The number of halogens is 3. The van der Waals surface area contributed by atoms with Crippen LogP contribution in [-0.4, -0.2) is 12.2 Å². The molecule has 7 heteroatoms. The third-order valence-corrected chi connectivity index (χ3v) is 1.72. The van der Waals surface area contributed by atoms with Gasteiger partial charge in [-0.15, -0.1) is 5.10 Å². The minimum atomic E-state index is -4.34. The number of guanidine groups is 1. The molecule has 1 rings (SSSR count). The standard InChI is InChI=1S/C9H9F3N4/c10-9(11,12)7-3-1-6(2-4-7)5-15-8(13)16-14/h1-5H,14H2,(H2,13,16). The van der Waals surface area contributed by atoms with Crippen molar-refractivity contribution in [3.05, 3.63) is 35.4 Å². The number of aliphatic imine (C=N–C) groups is 1. The van der Waals surface area contributed by atoms with Crippen LogP contribution in [0.2, 0.25) is 0 Å². The van der Waals surface area contributed by atoms with E-state index in [9.17, 15) is 13.2 Å². The zero-order valence-electron chi connectivity index (χ0n) is 8.07. The van der Waals surface area contributed by atoms with E-state index in [0.717, 1.165) is 12.1 Å². The first kappa shape index (κ1) is 12.0. The maximum atomic E-state index is 12.2. The van der Waals surface area contributed by atoms with Crippen LogP contribution in [0.3, 0.4) is 0 Å². The number of hydrogen-bond donors (Lipinski definition) is 2. The number of nitrogens with two attached hydrogens (primary N) is 2. The van der Waals surface area contributed by atoms with Gasteiger partial charge in [-0.1, -0.05) is 12.1 Å². The molecule has 0 aliphatic rings. The Morgan fingerprint density at radius 3 is 2.19 bits per heavy atom. The quantitative estimate of drug-likeness (QED) is 0.330. The maximum absolute atomic E-state index is 12.2. The lowest BCUT2D eigenvalue weighted by molar-refractivity contribution is -0.137. The van der Waals surface area contributed by atoms with Crippen LogP contribution in [-0.2, 0) is 6.18 Å². The monoisotopic (exact) mass is 230 g/mol. The van der Waals surface area contributed by atoms with E-state index in [2.05, 4.69) is 10.1 Å². The second-order valence-corrected chi connectivity index (χ2v) is 2.87. The molecule has 86 valence electrons. The molecule has 0 atom stereocenters. The highest BCUT2D eigenvalue weighted by atomic mass is 19.4. The Bertz CT molecular complexity index is 406. The molecule has 16 heavy (non-hydrogen) atoms. The predicted octanol–water partition coefficient (Wildman–Crippen LogP) is 1.31. The fraction of sp³-hybridized carbons (Fsp3) is 0.111. The lowest BCUT2D eigenvalue weighted by Gasteiger charge is -2.05. The average Bonchev–Trinajstić information content (AvgIpc) is 2.25. The van der Waals surface area contributed by atoms with E-state index >= 15 is 0 Å². The van der Waals surface area contributed by atoms with Gasteiger partial charge in [0.1, 0.15) is 0 Å². The summed E-state index contributed by atoms with van der Waals surface area (Å²) < 4.78 is 36.6. The van der Waals surface area contributed by atoms with Crippen molar-refractivity contribution in [3.8, 4) is 0 Å². The minimum Gasteiger partial charge on any atom is -0.367 e. The van der Waals surface area contributed by atoms with Crippen molar-refractivity contribution in [2.75, 3.05) is 0 Å². The Morgan fingerprint density at radius 1 is 1.19 bits per heavy atom. The summed E-state index contributed by atoms with van der Waals surface area (Å²) in [6.45, 7) is 0. The van der Waals surface area contributed by atoms with Crippen molar-refractivity contribution in [2.45, 2.75) is 6.18 Å². The van der Waals surface area contributed by atoms with Crippen molar-refractivity contribution in [1.82, 2.24) is 0 Å². The molecule has 0 unspecified atom stereocenters. The van der Waals surface area contributed by atoms with Gasteiger partial charge in [0, 0.05) is 6.21 Å². The van der Waals surface area contributed by atoms with Gasteiger partial charge >= 0.3 is 6.18 Å². The molecule has 0 aliphatic heterocycles. The second kappa shape index (κ2) is 4.65. The molecular weight excluding hydrogens is 221 g/mol. The summed E-state index contributed by atoms with van der Waals surface area (Å²) in [5.41, 5.74) is 4.92. The van der Waals surface area contributed by atoms with Crippen LogP contribution < -0.4 is 11.6 Å². The molecule has 0 saturated heterocycles. The van der Waals surface area contributed by atoms with Crippen LogP contribution in [0.5, 0.6) is 0 Å². The van der Waals surface area contributed by atoms with E-state index in [-0.39, 0.29) is 5.96 Å². The van der Waals surface area contributed by atoms with Crippen molar-refractivity contribution >= 4 is 12.2 Å². The normalized spacial score (nSPS) is 13.3.